The predicted octanol–water partition coefficient (Wildman–Crippen LogP) is 1.26. The second-order valence-corrected chi connectivity index (χ2v) is 3.91. The van der Waals surface area contributed by atoms with Crippen molar-refractivity contribution in [3.63, 3.8) is 0 Å². The number of hydrogen-bond acceptors (Lipinski definition) is 2. The highest BCUT2D eigenvalue weighted by Crippen LogP contribution is 2.27. The molecule has 0 aromatic heterocycles. The maximum absolute atomic E-state index is 12.7. The second kappa shape index (κ2) is 4.09. The number of halogens is 1. The molecule has 1 aromatic carbocycles. The summed E-state index contributed by atoms with van der Waals surface area (Å²) in [5.41, 5.74) is 0.762. The number of hydrogen-bond donors (Lipinski definition) is 2. The van der Waals surface area contributed by atoms with Crippen molar-refractivity contribution < 1.29 is 19.4 Å². The Labute approximate surface area is 91.9 Å². The number of benzene rings is 1. The first-order chi connectivity index (χ1) is 7.58. The molecule has 4 nitrogen and oxygen atoms in total. The van der Waals surface area contributed by atoms with Gasteiger partial charge in [0, 0.05) is 12.5 Å². The molecule has 0 radical (unpaired) electrons. The Bertz CT molecular complexity index is 393. The average Bonchev–Trinajstić information content (AvgIpc) is 2.62. The lowest BCUT2D eigenvalue weighted by atomic mass is 9.96. The van der Waals surface area contributed by atoms with Crippen LogP contribution >= 0.6 is 0 Å². The van der Waals surface area contributed by atoms with Gasteiger partial charge >= 0.3 is 6.09 Å². The van der Waals surface area contributed by atoms with Gasteiger partial charge in [-0.1, -0.05) is 12.1 Å². The van der Waals surface area contributed by atoms with E-state index in [9.17, 15) is 14.3 Å². The van der Waals surface area contributed by atoms with E-state index in [2.05, 4.69) is 0 Å². The molecule has 1 fully saturated rings. The summed E-state index contributed by atoms with van der Waals surface area (Å²) in [5.74, 6) is -0.608. The number of amides is 1. The molecule has 1 heterocycles. The summed E-state index contributed by atoms with van der Waals surface area (Å²) in [4.78, 5) is 11.9. The lowest BCUT2D eigenvalue weighted by molar-refractivity contribution is 0.138. The van der Waals surface area contributed by atoms with Gasteiger partial charge in [0.15, 0.2) is 0 Å². The van der Waals surface area contributed by atoms with Crippen LogP contribution in [0.5, 0.6) is 0 Å². The van der Waals surface area contributed by atoms with E-state index in [0.29, 0.717) is 0 Å². The monoisotopic (exact) mass is 225 g/mol. The number of nitrogens with zero attached hydrogens (tertiary/aromatic N) is 1. The fourth-order valence-corrected chi connectivity index (χ4v) is 1.98. The van der Waals surface area contributed by atoms with Gasteiger partial charge in [-0.25, -0.2) is 9.18 Å². The van der Waals surface area contributed by atoms with Crippen LogP contribution in [0.3, 0.4) is 0 Å². The van der Waals surface area contributed by atoms with Crippen LogP contribution in [0, 0.1) is 5.82 Å². The van der Waals surface area contributed by atoms with Crippen molar-refractivity contribution in [2.75, 3.05) is 13.1 Å². The molecule has 1 aromatic rings. The highest BCUT2D eigenvalue weighted by atomic mass is 19.1. The van der Waals surface area contributed by atoms with Crippen LogP contribution in [0.25, 0.3) is 0 Å². The van der Waals surface area contributed by atoms with E-state index in [4.69, 9.17) is 5.11 Å². The molecule has 1 amide bonds. The Morgan fingerprint density at radius 3 is 2.44 bits per heavy atom. The van der Waals surface area contributed by atoms with Gasteiger partial charge in [-0.05, 0) is 17.7 Å². The van der Waals surface area contributed by atoms with Crippen LogP contribution in [0.2, 0.25) is 0 Å². The molecule has 1 saturated heterocycles. The number of rotatable bonds is 1. The number of carboxylic acid groups (broad SMARTS) is 1. The summed E-state index contributed by atoms with van der Waals surface area (Å²) in [5, 5.41) is 18.5. The molecule has 0 unspecified atom stereocenters. The van der Waals surface area contributed by atoms with Gasteiger partial charge in [-0.3, -0.25) is 0 Å². The first kappa shape index (κ1) is 10.9. The van der Waals surface area contributed by atoms with E-state index in [-0.39, 0.29) is 24.8 Å². The minimum atomic E-state index is -1.04. The van der Waals surface area contributed by atoms with Gasteiger partial charge in [-0.15, -0.1) is 0 Å². The minimum absolute atomic E-state index is 0.109. The van der Waals surface area contributed by atoms with Crippen LogP contribution in [0.15, 0.2) is 24.3 Å². The van der Waals surface area contributed by atoms with Crippen molar-refractivity contribution in [2.45, 2.75) is 12.0 Å². The summed E-state index contributed by atoms with van der Waals surface area (Å²) in [6.07, 6.45) is -1.76. The molecular weight excluding hydrogens is 213 g/mol. The van der Waals surface area contributed by atoms with E-state index in [1.54, 1.807) is 12.1 Å². The normalized spacial score (nSPS) is 24.8. The quantitative estimate of drug-likeness (QED) is 0.756. The van der Waals surface area contributed by atoms with Crippen LogP contribution in [-0.2, 0) is 0 Å². The summed E-state index contributed by atoms with van der Waals surface area (Å²) in [6, 6.07) is 5.78. The number of carbonyl (C=O) groups is 1. The van der Waals surface area contributed by atoms with E-state index >= 15 is 0 Å². The molecule has 0 saturated carbocycles. The fourth-order valence-electron chi connectivity index (χ4n) is 1.98. The predicted molar refractivity (Wildman–Crippen MR) is 54.7 cm³/mol. The molecule has 2 atom stereocenters. The zero-order valence-corrected chi connectivity index (χ0v) is 8.51. The van der Waals surface area contributed by atoms with Gasteiger partial charge in [0.25, 0.3) is 0 Å². The third-order valence-electron chi connectivity index (χ3n) is 2.86. The molecule has 86 valence electrons. The van der Waals surface area contributed by atoms with Crippen molar-refractivity contribution >= 4 is 6.09 Å². The third kappa shape index (κ3) is 1.99. The Balaban J connectivity index is 2.16. The van der Waals surface area contributed by atoms with Gasteiger partial charge in [0.2, 0.25) is 0 Å². The average molecular weight is 225 g/mol. The molecule has 2 N–H and O–H groups in total. The lowest BCUT2D eigenvalue weighted by Crippen LogP contribution is -2.27. The van der Waals surface area contributed by atoms with E-state index in [1.807, 2.05) is 0 Å². The second-order valence-electron chi connectivity index (χ2n) is 3.91. The Kier molecular flexibility index (Phi) is 2.78. The fraction of sp³-hybridized carbons (Fsp3) is 0.364. The molecule has 0 bridgehead atoms. The molecule has 0 aliphatic carbocycles. The standard InChI is InChI=1S/C11H12FNO3/c12-8-3-1-7(2-4-8)9-5-13(11(15)16)6-10(9)14/h1-4,9-10,14H,5-6H2,(H,15,16)/t9-,10+/m0/s1. The first-order valence-corrected chi connectivity index (χ1v) is 4.99. The summed E-state index contributed by atoms with van der Waals surface area (Å²) in [6.45, 7) is 0.361. The smallest absolute Gasteiger partial charge is 0.407 e. The van der Waals surface area contributed by atoms with E-state index < -0.39 is 12.2 Å². The van der Waals surface area contributed by atoms with Crippen molar-refractivity contribution in [3.05, 3.63) is 35.6 Å². The Morgan fingerprint density at radius 1 is 1.31 bits per heavy atom. The molecule has 16 heavy (non-hydrogen) atoms. The van der Waals surface area contributed by atoms with Gasteiger partial charge < -0.3 is 15.1 Å². The van der Waals surface area contributed by atoms with Gasteiger partial charge in [0.05, 0.1) is 12.6 Å². The Morgan fingerprint density at radius 2 is 1.94 bits per heavy atom. The minimum Gasteiger partial charge on any atom is -0.465 e. The summed E-state index contributed by atoms with van der Waals surface area (Å²) < 4.78 is 12.7. The SMILES string of the molecule is O=C(O)N1C[C@@H](O)[C@H](c2ccc(F)cc2)C1. The molecule has 0 spiro atoms. The van der Waals surface area contributed by atoms with Crippen LogP contribution in [0.1, 0.15) is 11.5 Å². The van der Waals surface area contributed by atoms with Crippen molar-refractivity contribution in [1.82, 2.24) is 4.90 Å². The number of β-amino-alcohol motifs (C(OH)–C–C–N with tert-alkyl or cyclic N) is 1. The first-order valence-electron chi connectivity index (χ1n) is 4.99. The number of likely N-dealkylation sites (tertiary alicyclic amines) is 1. The largest absolute Gasteiger partial charge is 0.465 e. The maximum Gasteiger partial charge on any atom is 0.407 e. The van der Waals surface area contributed by atoms with Crippen molar-refractivity contribution in [2.24, 2.45) is 0 Å². The molecule has 2 rings (SSSR count). The zero-order valence-electron chi connectivity index (χ0n) is 8.51. The molecular formula is C11H12FNO3. The highest BCUT2D eigenvalue weighted by molar-refractivity contribution is 5.65. The zero-order chi connectivity index (χ0) is 11.7. The number of aliphatic hydroxyl groups is 1. The van der Waals surface area contributed by atoms with Crippen molar-refractivity contribution in [3.8, 4) is 0 Å². The highest BCUT2D eigenvalue weighted by Gasteiger charge is 2.34. The molecule has 1 aliphatic heterocycles. The van der Waals surface area contributed by atoms with Crippen LogP contribution in [-0.4, -0.2) is 40.4 Å². The third-order valence-corrected chi connectivity index (χ3v) is 2.86. The van der Waals surface area contributed by atoms with Crippen molar-refractivity contribution in [1.29, 1.82) is 0 Å². The number of aliphatic hydroxyl groups excluding tert-OH is 1. The van der Waals surface area contributed by atoms with Gasteiger partial charge in [-0.2, -0.15) is 0 Å². The topological polar surface area (TPSA) is 60.8 Å². The van der Waals surface area contributed by atoms with E-state index in [1.165, 1.54) is 17.0 Å². The maximum atomic E-state index is 12.7. The van der Waals surface area contributed by atoms with Crippen LogP contribution in [0.4, 0.5) is 9.18 Å². The molecule has 5 heteroatoms. The lowest BCUT2D eigenvalue weighted by Gasteiger charge is -2.13. The van der Waals surface area contributed by atoms with Gasteiger partial charge in [0.1, 0.15) is 5.82 Å². The van der Waals surface area contributed by atoms with Crippen LogP contribution < -0.4 is 0 Å². The van der Waals surface area contributed by atoms with E-state index in [0.717, 1.165) is 5.56 Å². The molecule has 1 aliphatic rings. The summed E-state index contributed by atoms with van der Waals surface area (Å²) >= 11 is 0. The summed E-state index contributed by atoms with van der Waals surface area (Å²) in [7, 11) is 0. The Hall–Kier alpha value is -1.62.